The maximum absolute atomic E-state index is 11.7. The predicted molar refractivity (Wildman–Crippen MR) is 82.3 cm³/mol. The molecule has 0 aliphatic heterocycles. The van der Waals surface area contributed by atoms with Crippen molar-refractivity contribution in [2.45, 2.75) is 78.6 Å². The van der Waals surface area contributed by atoms with Gasteiger partial charge in [0.2, 0.25) is 0 Å². The summed E-state index contributed by atoms with van der Waals surface area (Å²) in [5.74, 6) is 0. The van der Waals surface area contributed by atoms with Gasteiger partial charge in [-0.3, -0.25) is 0 Å². The number of amides is 2. The van der Waals surface area contributed by atoms with Gasteiger partial charge < -0.3 is 20.1 Å². The van der Waals surface area contributed by atoms with Gasteiger partial charge in [-0.15, -0.1) is 0 Å². The highest BCUT2D eigenvalue weighted by molar-refractivity contribution is 5.69. The van der Waals surface area contributed by atoms with Crippen LogP contribution in [0.15, 0.2) is 0 Å². The van der Waals surface area contributed by atoms with Gasteiger partial charge in [0.1, 0.15) is 11.2 Å². The van der Waals surface area contributed by atoms with Crippen molar-refractivity contribution in [3.05, 3.63) is 0 Å². The Bertz CT molecular complexity index is 343. The quantitative estimate of drug-likeness (QED) is 0.817. The molecular weight excluding hydrogens is 272 g/mol. The first-order valence-corrected chi connectivity index (χ1v) is 7.39. The molecule has 0 rings (SSSR count). The van der Waals surface area contributed by atoms with Gasteiger partial charge >= 0.3 is 12.2 Å². The van der Waals surface area contributed by atoms with E-state index in [4.69, 9.17) is 9.47 Å². The summed E-state index contributed by atoms with van der Waals surface area (Å²) in [6.45, 7) is 13.1. The molecule has 1 atom stereocenters. The number of ether oxygens (including phenoxy) is 2. The van der Waals surface area contributed by atoms with Crippen molar-refractivity contribution in [3.8, 4) is 0 Å². The van der Waals surface area contributed by atoms with E-state index >= 15 is 0 Å². The molecule has 0 aliphatic rings. The third kappa shape index (κ3) is 12.0. The summed E-state index contributed by atoms with van der Waals surface area (Å²) in [4.78, 5) is 23.3. The summed E-state index contributed by atoms with van der Waals surface area (Å²) in [5, 5.41) is 5.42. The van der Waals surface area contributed by atoms with Crippen LogP contribution in [0, 0.1) is 0 Å². The van der Waals surface area contributed by atoms with Crippen molar-refractivity contribution in [3.63, 3.8) is 0 Å². The highest BCUT2D eigenvalue weighted by atomic mass is 16.6. The Hall–Kier alpha value is -1.46. The summed E-state index contributed by atoms with van der Waals surface area (Å²) in [7, 11) is 0. The minimum atomic E-state index is -0.542. The average Bonchev–Trinajstić information content (AvgIpc) is 2.21. The van der Waals surface area contributed by atoms with E-state index in [9.17, 15) is 9.59 Å². The van der Waals surface area contributed by atoms with E-state index in [-0.39, 0.29) is 6.04 Å². The molecule has 2 amide bonds. The molecule has 0 aromatic rings. The molecule has 124 valence electrons. The van der Waals surface area contributed by atoms with E-state index in [0.717, 1.165) is 12.8 Å². The van der Waals surface area contributed by atoms with Gasteiger partial charge in [0.05, 0.1) is 0 Å². The fourth-order valence-corrected chi connectivity index (χ4v) is 1.57. The van der Waals surface area contributed by atoms with E-state index in [0.29, 0.717) is 6.54 Å². The Morgan fingerprint density at radius 1 is 0.952 bits per heavy atom. The lowest BCUT2D eigenvalue weighted by atomic mass is 10.1. The van der Waals surface area contributed by atoms with Crippen molar-refractivity contribution in [2.24, 2.45) is 0 Å². The Balaban J connectivity index is 4.31. The van der Waals surface area contributed by atoms with Crippen LogP contribution in [-0.4, -0.2) is 36.0 Å². The molecule has 0 aromatic carbocycles. The Morgan fingerprint density at radius 3 is 1.86 bits per heavy atom. The normalized spacial score (nSPS) is 13.3. The zero-order chi connectivity index (χ0) is 16.7. The van der Waals surface area contributed by atoms with Crippen LogP contribution in [0.5, 0.6) is 0 Å². The smallest absolute Gasteiger partial charge is 0.407 e. The third-order valence-electron chi connectivity index (χ3n) is 2.25. The number of carbonyl (C=O) groups is 2. The van der Waals surface area contributed by atoms with Gasteiger partial charge in [-0.05, 0) is 48.0 Å². The van der Waals surface area contributed by atoms with Gasteiger partial charge in [-0.2, -0.15) is 0 Å². The first-order valence-electron chi connectivity index (χ1n) is 7.39. The molecule has 6 heteroatoms. The maximum atomic E-state index is 11.7. The van der Waals surface area contributed by atoms with Crippen LogP contribution in [-0.2, 0) is 9.47 Å². The second kappa shape index (κ2) is 8.10. The predicted octanol–water partition coefficient (Wildman–Crippen LogP) is 3.20. The highest BCUT2D eigenvalue weighted by Gasteiger charge is 2.21. The Labute approximate surface area is 127 Å². The molecule has 0 saturated heterocycles. The van der Waals surface area contributed by atoms with E-state index in [1.807, 2.05) is 6.92 Å². The first kappa shape index (κ1) is 19.5. The third-order valence-corrected chi connectivity index (χ3v) is 2.25. The van der Waals surface area contributed by atoms with Crippen molar-refractivity contribution in [2.75, 3.05) is 6.54 Å². The number of carbonyl (C=O) groups excluding carboxylic acids is 2. The highest BCUT2D eigenvalue weighted by Crippen LogP contribution is 2.08. The topological polar surface area (TPSA) is 76.7 Å². The van der Waals surface area contributed by atoms with Gasteiger partial charge in [-0.25, -0.2) is 9.59 Å². The van der Waals surface area contributed by atoms with Crippen LogP contribution < -0.4 is 10.6 Å². The maximum Gasteiger partial charge on any atom is 0.407 e. The van der Waals surface area contributed by atoms with E-state index in [1.165, 1.54) is 0 Å². The fraction of sp³-hybridized carbons (Fsp3) is 0.867. The summed E-state index contributed by atoms with van der Waals surface area (Å²) >= 11 is 0. The van der Waals surface area contributed by atoms with E-state index < -0.39 is 23.4 Å². The molecule has 0 spiro atoms. The lowest BCUT2D eigenvalue weighted by Gasteiger charge is -2.24. The Kier molecular flexibility index (Phi) is 7.53. The van der Waals surface area contributed by atoms with Crippen LogP contribution in [0.3, 0.4) is 0 Å². The molecule has 0 aromatic heterocycles. The lowest BCUT2D eigenvalue weighted by molar-refractivity contribution is 0.0461. The van der Waals surface area contributed by atoms with Crippen LogP contribution in [0.1, 0.15) is 61.3 Å². The summed E-state index contributed by atoms with van der Waals surface area (Å²) < 4.78 is 10.4. The monoisotopic (exact) mass is 302 g/mol. The number of nitrogens with one attached hydrogen (secondary N) is 2. The van der Waals surface area contributed by atoms with Crippen molar-refractivity contribution in [1.29, 1.82) is 0 Å². The molecular formula is C15H30N2O4. The minimum absolute atomic E-state index is 0.183. The Morgan fingerprint density at radius 2 is 1.43 bits per heavy atom. The fourth-order valence-electron chi connectivity index (χ4n) is 1.57. The van der Waals surface area contributed by atoms with Crippen molar-refractivity contribution in [1.82, 2.24) is 10.6 Å². The standard InChI is InChI=1S/C15H30N2O4/c1-8-9-11(17-13(19)21-15(5,6)7)10-16-12(18)20-14(2,3)4/h11H,8-10H2,1-7H3,(H,16,18)(H,17,19)/t11-/m0/s1. The van der Waals surface area contributed by atoms with Crippen LogP contribution in [0.25, 0.3) is 0 Å². The number of alkyl carbamates (subject to hydrolysis) is 2. The first-order chi connectivity index (χ1) is 9.43. The molecule has 0 saturated carbocycles. The van der Waals surface area contributed by atoms with Gasteiger partial charge in [0, 0.05) is 12.6 Å². The molecule has 0 heterocycles. The summed E-state index contributed by atoms with van der Waals surface area (Å²) in [6, 6.07) is -0.183. The van der Waals surface area contributed by atoms with Crippen molar-refractivity contribution < 1.29 is 19.1 Å². The molecule has 0 radical (unpaired) electrons. The molecule has 0 fully saturated rings. The molecule has 6 nitrogen and oxygen atoms in total. The second-order valence-electron chi connectivity index (χ2n) is 7.01. The van der Waals surface area contributed by atoms with E-state index in [1.54, 1.807) is 41.5 Å². The van der Waals surface area contributed by atoms with Crippen molar-refractivity contribution >= 4 is 12.2 Å². The molecule has 0 bridgehead atoms. The second-order valence-corrected chi connectivity index (χ2v) is 7.01. The van der Waals surface area contributed by atoms with Crippen LogP contribution in [0.2, 0.25) is 0 Å². The molecule has 0 unspecified atom stereocenters. The summed E-state index contributed by atoms with van der Waals surface area (Å²) in [5.41, 5.74) is -1.08. The van der Waals surface area contributed by atoms with Crippen LogP contribution >= 0.6 is 0 Å². The lowest BCUT2D eigenvalue weighted by Crippen LogP contribution is -2.46. The number of hydrogen-bond donors (Lipinski definition) is 2. The SMILES string of the molecule is CCC[C@@H](CNC(=O)OC(C)(C)C)NC(=O)OC(C)(C)C. The minimum Gasteiger partial charge on any atom is -0.444 e. The number of rotatable bonds is 5. The van der Waals surface area contributed by atoms with Gasteiger partial charge in [-0.1, -0.05) is 13.3 Å². The average molecular weight is 302 g/mol. The molecule has 21 heavy (non-hydrogen) atoms. The summed E-state index contributed by atoms with van der Waals surface area (Å²) in [6.07, 6.45) is 0.660. The van der Waals surface area contributed by atoms with Gasteiger partial charge in [0.15, 0.2) is 0 Å². The zero-order valence-corrected chi connectivity index (χ0v) is 14.3. The molecule has 2 N–H and O–H groups in total. The number of hydrogen-bond acceptors (Lipinski definition) is 4. The zero-order valence-electron chi connectivity index (χ0n) is 14.3. The largest absolute Gasteiger partial charge is 0.444 e. The molecule has 0 aliphatic carbocycles. The van der Waals surface area contributed by atoms with Gasteiger partial charge in [0.25, 0.3) is 0 Å². The van der Waals surface area contributed by atoms with Crippen LogP contribution in [0.4, 0.5) is 9.59 Å². The van der Waals surface area contributed by atoms with E-state index in [2.05, 4.69) is 10.6 Å².